The molecule has 1 N–H and O–H groups in total. The third-order valence-electron chi connectivity index (χ3n) is 4.83. The van der Waals surface area contributed by atoms with Crippen molar-refractivity contribution < 1.29 is 52.4 Å². The molecule has 2 rings (SSSR count). The fourth-order valence-corrected chi connectivity index (χ4v) is 3.49. The first-order valence-corrected chi connectivity index (χ1v) is 10.7. The van der Waals surface area contributed by atoms with E-state index in [2.05, 4.69) is 5.32 Å². The van der Waals surface area contributed by atoms with Gasteiger partial charge in [-0.15, -0.1) is 0 Å². The molecule has 5 atom stereocenters. The van der Waals surface area contributed by atoms with Crippen molar-refractivity contribution in [2.45, 2.75) is 64.8 Å². The van der Waals surface area contributed by atoms with Crippen molar-refractivity contribution in [1.29, 1.82) is 0 Å². The van der Waals surface area contributed by atoms with Gasteiger partial charge in [-0.3, -0.25) is 24.0 Å². The van der Waals surface area contributed by atoms with Gasteiger partial charge in [0.05, 0.1) is 13.5 Å². The van der Waals surface area contributed by atoms with E-state index in [1.807, 2.05) is 0 Å². The normalized spacial score (nSPS) is 23.4. The molecule has 1 aliphatic heterocycles. The predicted molar refractivity (Wildman–Crippen MR) is 117 cm³/mol. The molecule has 0 saturated carbocycles. The van der Waals surface area contributed by atoms with E-state index >= 15 is 0 Å². The molecule has 192 valence electrons. The molecule has 12 nitrogen and oxygen atoms in total. The highest BCUT2D eigenvalue weighted by Crippen LogP contribution is 2.28. The van der Waals surface area contributed by atoms with E-state index in [1.54, 1.807) is 24.3 Å². The number of carbonyl (C=O) groups excluding carboxylic acids is 5. The molecule has 12 heteroatoms. The SMILES string of the molecule is COc1ccc(CC(=O)N[C@H]2[C@H](OC(C)=O)O[C@H](COC(C)=O)[C@@H](OC(C)=O)[C@@H]2OC(C)=O)cc1. The molecular formula is C23H29NO11. The maximum atomic E-state index is 12.9. The second-order valence-corrected chi connectivity index (χ2v) is 7.72. The average Bonchev–Trinajstić information content (AvgIpc) is 2.76. The van der Waals surface area contributed by atoms with Crippen LogP contribution in [0.15, 0.2) is 24.3 Å². The zero-order valence-corrected chi connectivity index (χ0v) is 20.1. The molecule has 1 saturated heterocycles. The van der Waals surface area contributed by atoms with Crippen LogP contribution in [0, 0.1) is 0 Å². The van der Waals surface area contributed by atoms with E-state index in [0.717, 1.165) is 20.8 Å². The van der Waals surface area contributed by atoms with Crippen molar-refractivity contribution in [2.75, 3.05) is 13.7 Å². The highest BCUT2D eigenvalue weighted by molar-refractivity contribution is 5.79. The molecule has 0 aliphatic carbocycles. The molecular weight excluding hydrogens is 466 g/mol. The Kier molecular flexibility index (Phi) is 10.0. The molecule has 0 bridgehead atoms. The second-order valence-electron chi connectivity index (χ2n) is 7.72. The van der Waals surface area contributed by atoms with Crippen LogP contribution in [0.2, 0.25) is 0 Å². The summed E-state index contributed by atoms with van der Waals surface area (Å²) in [7, 11) is 1.52. The Morgan fingerprint density at radius 3 is 1.91 bits per heavy atom. The molecule has 1 fully saturated rings. The Labute approximate surface area is 202 Å². The Balaban J connectivity index is 2.35. The van der Waals surface area contributed by atoms with E-state index in [4.69, 9.17) is 28.4 Å². The summed E-state index contributed by atoms with van der Waals surface area (Å²) in [5.74, 6) is -2.78. The Morgan fingerprint density at radius 1 is 0.829 bits per heavy atom. The smallest absolute Gasteiger partial charge is 0.305 e. The van der Waals surface area contributed by atoms with Gasteiger partial charge in [-0.05, 0) is 17.7 Å². The number of carbonyl (C=O) groups is 5. The van der Waals surface area contributed by atoms with Crippen LogP contribution >= 0.6 is 0 Å². The first-order valence-electron chi connectivity index (χ1n) is 10.7. The van der Waals surface area contributed by atoms with Gasteiger partial charge >= 0.3 is 23.9 Å². The summed E-state index contributed by atoms with van der Waals surface area (Å²) >= 11 is 0. The number of hydrogen-bond acceptors (Lipinski definition) is 11. The summed E-state index contributed by atoms with van der Waals surface area (Å²) in [6.45, 7) is 4.15. The second kappa shape index (κ2) is 12.7. The lowest BCUT2D eigenvalue weighted by Crippen LogP contribution is -2.67. The largest absolute Gasteiger partial charge is 0.497 e. The molecule has 1 aromatic rings. The predicted octanol–water partition coefficient (Wildman–Crippen LogP) is 0.437. The van der Waals surface area contributed by atoms with Crippen LogP contribution in [0.3, 0.4) is 0 Å². The van der Waals surface area contributed by atoms with E-state index in [1.165, 1.54) is 14.0 Å². The van der Waals surface area contributed by atoms with Crippen LogP contribution in [0.25, 0.3) is 0 Å². The first kappa shape index (κ1) is 27.6. The zero-order chi connectivity index (χ0) is 26.1. The van der Waals surface area contributed by atoms with Crippen LogP contribution in [0.1, 0.15) is 33.3 Å². The van der Waals surface area contributed by atoms with Crippen molar-refractivity contribution in [3.63, 3.8) is 0 Å². The standard InChI is InChI=1S/C23H29NO11/c1-12(25)31-11-18-21(32-13(2)26)22(33-14(3)27)20(23(35-18)34-15(4)28)24-19(29)10-16-6-8-17(30-5)9-7-16/h6-9,18,20-23H,10-11H2,1-5H3,(H,24,29)/t18-,20-,21-,22-,23-/m1/s1. The van der Waals surface area contributed by atoms with Gasteiger partial charge in [0.2, 0.25) is 12.2 Å². The minimum atomic E-state index is -1.44. The highest BCUT2D eigenvalue weighted by atomic mass is 16.7. The zero-order valence-electron chi connectivity index (χ0n) is 20.1. The van der Waals surface area contributed by atoms with Crippen LogP contribution < -0.4 is 10.1 Å². The fraction of sp³-hybridized carbons (Fsp3) is 0.522. The maximum Gasteiger partial charge on any atom is 0.305 e. The number of nitrogens with one attached hydrogen (secondary N) is 1. The lowest BCUT2D eigenvalue weighted by atomic mass is 9.95. The monoisotopic (exact) mass is 495 g/mol. The summed E-state index contributed by atoms with van der Waals surface area (Å²) < 4.78 is 31.8. The number of ether oxygens (including phenoxy) is 6. The molecule has 0 spiro atoms. The Morgan fingerprint density at radius 2 is 1.40 bits per heavy atom. The van der Waals surface area contributed by atoms with E-state index in [0.29, 0.717) is 11.3 Å². The van der Waals surface area contributed by atoms with Crippen molar-refractivity contribution >= 4 is 29.8 Å². The number of rotatable bonds is 9. The summed E-state index contributed by atoms with van der Waals surface area (Å²) in [6, 6.07) is 5.52. The molecule has 0 unspecified atom stereocenters. The summed E-state index contributed by atoms with van der Waals surface area (Å²) in [4.78, 5) is 59.7. The van der Waals surface area contributed by atoms with Crippen LogP contribution in [0.5, 0.6) is 5.75 Å². The van der Waals surface area contributed by atoms with Gasteiger partial charge in [-0.1, -0.05) is 12.1 Å². The Bertz CT molecular complexity index is 930. The van der Waals surface area contributed by atoms with Gasteiger partial charge in [-0.2, -0.15) is 0 Å². The van der Waals surface area contributed by atoms with E-state index in [9.17, 15) is 24.0 Å². The van der Waals surface area contributed by atoms with Crippen molar-refractivity contribution in [3.05, 3.63) is 29.8 Å². The molecule has 0 radical (unpaired) electrons. The number of benzene rings is 1. The molecule has 1 amide bonds. The third-order valence-corrected chi connectivity index (χ3v) is 4.83. The maximum absolute atomic E-state index is 12.9. The molecule has 35 heavy (non-hydrogen) atoms. The van der Waals surface area contributed by atoms with E-state index in [-0.39, 0.29) is 6.42 Å². The first-order chi connectivity index (χ1) is 16.5. The van der Waals surface area contributed by atoms with Gasteiger partial charge in [0.25, 0.3) is 0 Å². The third kappa shape index (κ3) is 8.56. The minimum absolute atomic E-state index is 0.0742. The summed E-state index contributed by atoms with van der Waals surface area (Å²) in [5.41, 5.74) is 0.650. The van der Waals surface area contributed by atoms with Gasteiger partial charge in [0.15, 0.2) is 12.2 Å². The molecule has 1 aromatic carbocycles. The lowest BCUT2D eigenvalue weighted by Gasteiger charge is -2.44. The molecule has 0 aromatic heterocycles. The Hall–Kier alpha value is -3.67. The highest BCUT2D eigenvalue weighted by Gasteiger charge is 2.52. The summed E-state index contributed by atoms with van der Waals surface area (Å²) in [5, 5.41) is 2.65. The van der Waals surface area contributed by atoms with Gasteiger partial charge in [0.1, 0.15) is 24.5 Å². The average molecular weight is 495 g/mol. The van der Waals surface area contributed by atoms with Crippen LogP contribution in [0.4, 0.5) is 0 Å². The van der Waals surface area contributed by atoms with Crippen molar-refractivity contribution in [1.82, 2.24) is 5.32 Å². The summed E-state index contributed by atoms with van der Waals surface area (Å²) in [6.07, 6.45) is -5.28. The van der Waals surface area contributed by atoms with Crippen LogP contribution in [-0.4, -0.2) is 74.1 Å². The van der Waals surface area contributed by atoms with E-state index < -0.39 is 67.0 Å². The lowest BCUT2D eigenvalue weighted by molar-refractivity contribution is -0.271. The topological polar surface area (TPSA) is 153 Å². The van der Waals surface area contributed by atoms with Crippen LogP contribution in [-0.2, 0) is 54.1 Å². The van der Waals surface area contributed by atoms with Gasteiger partial charge < -0.3 is 33.7 Å². The quantitative estimate of drug-likeness (QED) is 0.375. The minimum Gasteiger partial charge on any atom is -0.497 e. The van der Waals surface area contributed by atoms with Crippen molar-refractivity contribution in [2.24, 2.45) is 0 Å². The van der Waals surface area contributed by atoms with Gasteiger partial charge in [-0.25, -0.2) is 0 Å². The molecule has 1 heterocycles. The fourth-order valence-electron chi connectivity index (χ4n) is 3.49. The molecule has 1 aliphatic rings. The number of methoxy groups -OCH3 is 1. The number of esters is 4. The number of amides is 1. The van der Waals surface area contributed by atoms with Crippen molar-refractivity contribution in [3.8, 4) is 5.75 Å². The van der Waals surface area contributed by atoms with Gasteiger partial charge in [0, 0.05) is 27.7 Å². The number of hydrogen-bond donors (Lipinski definition) is 1.